The number of nitriles is 1. The van der Waals surface area contributed by atoms with E-state index in [2.05, 4.69) is 27.2 Å². The summed E-state index contributed by atoms with van der Waals surface area (Å²) in [6.45, 7) is 1.88. The van der Waals surface area contributed by atoms with Crippen molar-refractivity contribution in [3.8, 4) is 11.8 Å². The summed E-state index contributed by atoms with van der Waals surface area (Å²) in [6.07, 6.45) is 1.77. The van der Waals surface area contributed by atoms with E-state index in [4.69, 9.17) is 11.6 Å². The van der Waals surface area contributed by atoms with Crippen molar-refractivity contribution in [1.82, 2.24) is 19.7 Å². The Morgan fingerprint density at radius 1 is 1.15 bits per heavy atom. The molecule has 5 aromatic rings. The molecule has 5 rings (SSSR count). The third-order valence-electron chi connectivity index (χ3n) is 4.86. The molecule has 0 aliphatic heterocycles. The maximum absolute atomic E-state index is 9.81. The van der Waals surface area contributed by atoms with E-state index in [1.54, 1.807) is 33.9 Å². The zero-order valence-corrected chi connectivity index (χ0v) is 20.6. The Bertz CT molecular complexity index is 1480. The predicted octanol–water partition coefficient (Wildman–Crippen LogP) is 7.26. The van der Waals surface area contributed by atoms with Crippen LogP contribution in [0, 0.1) is 18.3 Å². The molecule has 0 unspecified atom stereocenters. The summed E-state index contributed by atoms with van der Waals surface area (Å²) < 4.78 is 3.87. The van der Waals surface area contributed by atoms with Crippen molar-refractivity contribution in [1.29, 1.82) is 5.26 Å². The van der Waals surface area contributed by atoms with E-state index in [9.17, 15) is 5.26 Å². The minimum Gasteiger partial charge on any atom is -0.239 e. The summed E-state index contributed by atoms with van der Waals surface area (Å²) in [4.78, 5) is 9.34. The molecule has 3 heterocycles. The fraction of sp³-hybridized carbons (Fsp3) is 0.0833. The van der Waals surface area contributed by atoms with Gasteiger partial charge in [-0.3, -0.25) is 0 Å². The first-order chi connectivity index (χ1) is 16.1. The molecule has 3 aromatic heterocycles. The Morgan fingerprint density at radius 2 is 1.94 bits per heavy atom. The van der Waals surface area contributed by atoms with Crippen molar-refractivity contribution in [2.45, 2.75) is 17.0 Å². The molecule has 0 spiro atoms. The number of thioether (sulfide) groups is 1. The van der Waals surface area contributed by atoms with E-state index < -0.39 is 0 Å². The molecule has 0 saturated heterocycles. The van der Waals surface area contributed by atoms with Gasteiger partial charge in [0.2, 0.25) is 0 Å². The Kier molecular flexibility index (Phi) is 6.29. The molecule has 33 heavy (non-hydrogen) atoms. The normalized spacial score (nSPS) is 11.7. The van der Waals surface area contributed by atoms with Gasteiger partial charge in [0, 0.05) is 16.7 Å². The lowest BCUT2D eigenvalue weighted by atomic mass is 10.2. The van der Waals surface area contributed by atoms with Crippen molar-refractivity contribution >= 4 is 67.9 Å². The van der Waals surface area contributed by atoms with Crippen LogP contribution in [0.15, 0.2) is 64.3 Å². The SMILES string of the molecule is Cc1nn(-c2ccccc2)c(Cl)c1/C=C(/C#N)c1nc(CSc2nc3ccccc3s2)cs1. The topological polar surface area (TPSA) is 67.4 Å². The number of aromatic nitrogens is 4. The van der Waals surface area contributed by atoms with Crippen LogP contribution in [0.5, 0.6) is 0 Å². The highest BCUT2D eigenvalue weighted by Crippen LogP contribution is 2.33. The molecule has 0 fully saturated rings. The quantitative estimate of drug-likeness (QED) is 0.179. The molecule has 0 bridgehead atoms. The lowest BCUT2D eigenvalue weighted by Crippen LogP contribution is -1.95. The second kappa shape index (κ2) is 9.49. The summed E-state index contributed by atoms with van der Waals surface area (Å²) >= 11 is 11.4. The van der Waals surface area contributed by atoms with Crippen LogP contribution in [0.1, 0.15) is 22.0 Å². The highest BCUT2D eigenvalue weighted by molar-refractivity contribution is 8.00. The van der Waals surface area contributed by atoms with Gasteiger partial charge in [-0.15, -0.1) is 22.7 Å². The number of rotatable bonds is 6. The lowest BCUT2D eigenvalue weighted by Gasteiger charge is -2.02. The van der Waals surface area contributed by atoms with Gasteiger partial charge in [-0.2, -0.15) is 10.4 Å². The third kappa shape index (κ3) is 4.59. The molecule has 0 N–H and O–H groups in total. The van der Waals surface area contributed by atoms with Crippen LogP contribution in [0.25, 0.3) is 27.6 Å². The average Bonchev–Trinajstić information content (AvgIpc) is 3.54. The number of benzene rings is 2. The molecular formula is C24H16ClN5S3. The molecule has 0 amide bonds. The first-order valence-electron chi connectivity index (χ1n) is 9.98. The summed E-state index contributed by atoms with van der Waals surface area (Å²) in [7, 11) is 0. The molecule has 0 radical (unpaired) electrons. The Labute approximate surface area is 208 Å². The van der Waals surface area contributed by atoms with Gasteiger partial charge < -0.3 is 0 Å². The number of halogens is 1. The number of aryl methyl sites for hydroxylation is 1. The molecule has 0 aliphatic carbocycles. The van der Waals surface area contributed by atoms with Gasteiger partial charge in [0.1, 0.15) is 16.2 Å². The van der Waals surface area contributed by atoms with Crippen molar-refractivity contribution in [2.75, 3.05) is 0 Å². The molecule has 9 heteroatoms. The summed E-state index contributed by atoms with van der Waals surface area (Å²) in [6, 6.07) is 20.1. The number of hydrogen-bond acceptors (Lipinski definition) is 7. The van der Waals surface area contributed by atoms with E-state index >= 15 is 0 Å². The first kappa shape index (κ1) is 21.9. The van der Waals surface area contributed by atoms with Crippen LogP contribution in [0.4, 0.5) is 0 Å². The van der Waals surface area contributed by atoms with E-state index in [1.807, 2.05) is 60.8 Å². The maximum Gasteiger partial charge on any atom is 0.151 e. The van der Waals surface area contributed by atoms with Crippen molar-refractivity contribution in [3.63, 3.8) is 0 Å². The average molecular weight is 506 g/mol. The first-order valence-corrected chi connectivity index (χ1v) is 13.0. The summed E-state index contributed by atoms with van der Waals surface area (Å²) in [5, 5.41) is 17.5. The second-order valence-corrected chi connectivity index (χ2v) is 10.6. The van der Waals surface area contributed by atoms with E-state index in [0.29, 0.717) is 21.5 Å². The van der Waals surface area contributed by atoms with Gasteiger partial charge in [-0.05, 0) is 37.3 Å². The molecule has 0 atom stereocenters. The highest BCUT2D eigenvalue weighted by Gasteiger charge is 2.16. The highest BCUT2D eigenvalue weighted by atomic mass is 35.5. The van der Waals surface area contributed by atoms with Crippen LogP contribution in [-0.2, 0) is 5.75 Å². The zero-order chi connectivity index (χ0) is 22.8. The molecule has 0 aliphatic rings. The number of nitrogens with zero attached hydrogens (tertiary/aromatic N) is 5. The monoisotopic (exact) mass is 505 g/mol. The minimum absolute atomic E-state index is 0.467. The summed E-state index contributed by atoms with van der Waals surface area (Å²) in [5.41, 5.74) is 4.74. The van der Waals surface area contributed by atoms with Gasteiger partial charge in [-0.25, -0.2) is 14.6 Å². The smallest absolute Gasteiger partial charge is 0.151 e. The minimum atomic E-state index is 0.467. The van der Waals surface area contributed by atoms with Crippen molar-refractivity contribution in [2.24, 2.45) is 0 Å². The fourth-order valence-corrected chi connectivity index (χ4v) is 6.43. The Balaban J connectivity index is 1.37. The van der Waals surface area contributed by atoms with E-state index in [0.717, 1.165) is 32.5 Å². The number of para-hydroxylation sites is 2. The molecule has 0 saturated carbocycles. The summed E-state index contributed by atoms with van der Waals surface area (Å²) in [5.74, 6) is 0.695. The van der Waals surface area contributed by atoms with Gasteiger partial charge >= 0.3 is 0 Å². The van der Waals surface area contributed by atoms with Crippen molar-refractivity contribution < 1.29 is 0 Å². The van der Waals surface area contributed by atoms with E-state index in [-0.39, 0.29) is 0 Å². The molecule has 162 valence electrons. The van der Waals surface area contributed by atoms with Crippen LogP contribution >= 0.6 is 46.0 Å². The van der Waals surface area contributed by atoms with Crippen LogP contribution < -0.4 is 0 Å². The predicted molar refractivity (Wildman–Crippen MR) is 138 cm³/mol. The number of thiazole rings is 2. The third-order valence-corrected chi connectivity index (χ3v) is 8.36. The van der Waals surface area contributed by atoms with Crippen LogP contribution in [0.3, 0.4) is 0 Å². The number of fused-ring (bicyclic) bond motifs is 1. The fourth-order valence-electron chi connectivity index (χ4n) is 3.25. The maximum atomic E-state index is 9.81. The van der Waals surface area contributed by atoms with Crippen molar-refractivity contribution in [3.05, 3.63) is 87.1 Å². The largest absolute Gasteiger partial charge is 0.239 e. The zero-order valence-electron chi connectivity index (χ0n) is 17.4. The standard InChI is InChI=1S/C24H16ClN5S3/c1-15-19(22(25)30(29-15)18-7-3-2-4-8-18)11-16(12-26)23-27-17(13-31-23)14-32-24-28-20-9-5-6-10-21(20)33-24/h2-11,13H,14H2,1H3/b16-11-. The van der Waals surface area contributed by atoms with Gasteiger partial charge in [0.05, 0.1) is 32.9 Å². The molecule has 5 nitrogen and oxygen atoms in total. The van der Waals surface area contributed by atoms with E-state index in [1.165, 1.54) is 16.0 Å². The van der Waals surface area contributed by atoms with Crippen LogP contribution in [-0.4, -0.2) is 19.7 Å². The number of allylic oxidation sites excluding steroid dienone is 1. The van der Waals surface area contributed by atoms with Gasteiger partial charge in [0.15, 0.2) is 4.34 Å². The van der Waals surface area contributed by atoms with Crippen LogP contribution in [0.2, 0.25) is 5.15 Å². The lowest BCUT2D eigenvalue weighted by molar-refractivity contribution is 0.863. The Morgan fingerprint density at radius 3 is 2.73 bits per heavy atom. The van der Waals surface area contributed by atoms with Gasteiger partial charge in [-0.1, -0.05) is 53.7 Å². The molecular weight excluding hydrogens is 490 g/mol. The Hall–Kier alpha value is -2.96. The molecule has 2 aromatic carbocycles. The second-order valence-electron chi connectivity index (χ2n) is 7.09. The van der Waals surface area contributed by atoms with Gasteiger partial charge in [0.25, 0.3) is 0 Å². The number of hydrogen-bond donors (Lipinski definition) is 0.